The predicted molar refractivity (Wildman–Crippen MR) is 74.3 cm³/mol. The van der Waals surface area contributed by atoms with Gasteiger partial charge in [-0.15, -0.1) is 0 Å². The van der Waals surface area contributed by atoms with E-state index in [4.69, 9.17) is 0 Å². The van der Waals surface area contributed by atoms with Crippen LogP contribution in [0, 0.1) is 12.8 Å². The van der Waals surface area contributed by atoms with Crippen LogP contribution in [0.2, 0.25) is 0 Å². The fourth-order valence-corrected chi connectivity index (χ4v) is 2.89. The Balaban J connectivity index is 1.96. The molecule has 1 N–H and O–H groups in total. The molecule has 0 saturated carbocycles. The third-order valence-corrected chi connectivity index (χ3v) is 4.05. The standard InChI is InChI=1S/C13H19N3S/c1-9(2)12-8-17-13(16-12)15-7-11-10(3)5-4-6-14-11/h4-6,9,12H,7-8H2,1-3H3,(H,15,16)/t12-/m1/s1. The van der Waals surface area contributed by atoms with E-state index in [0.717, 1.165) is 16.6 Å². The van der Waals surface area contributed by atoms with Crippen LogP contribution in [0.25, 0.3) is 0 Å². The van der Waals surface area contributed by atoms with Gasteiger partial charge in [0.25, 0.3) is 0 Å². The van der Waals surface area contributed by atoms with Gasteiger partial charge in [-0.1, -0.05) is 31.7 Å². The van der Waals surface area contributed by atoms with E-state index in [2.05, 4.69) is 42.1 Å². The number of thioether (sulfide) groups is 1. The van der Waals surface area contributed by atoms with Crippen molar-refractivity contribution in [2.45, 2.75) is 33.4 Å². The average Bonchev–Trinajstić information content (AvgIpc) is 2.77. The van der Waals surface area contributed by atoms with E-state index in [-0.39, 0.29) is 0 Å². The minimum atomic E-state index is 0.559. The Labute approximate surface area is 107 Å². The highest BCUT2D eigenvalue weighted by atomic mass is 32.2. The summed E-state index contributed by atoms with van der Waals surface area (Å²) in [6.45, 7) is 7.23. The summed E-state index contributed by atoms with van der Waals surface area (Å²) in [6, 6.07) is 4.60. The topological polar surface area (TPSA) is 37.3 Å². The van der Waals surface area contributed by atoms with Crippen molar-refractivity contribution in [1.82, 2.24) is 10.3 Å². The Bertz CT molecular complexity index is 415. The van der Waals surface area contributed by atoms with Crippen LogP contribution in [0.4, 0.5) is 0 Å². The highest BCUT2D eigenvalue weighted by Gasteiger charge is 2.22. The highest BCUT2D eigenvalue weighted by molar-refractivity contribution is 8.14. The number of hydrogen-bond donors (Lipinski definition) is 1. The van der Waals surface area contributed by atoms with Gasteiger partial charge in [-0.2, -0.15) is 0 Å². The largest absolute Gasteiger partial charge is 0.361 e. The molecule has 92 valence electrons. The molecular formula is C13H19N3S. The Morgan fingerprint density at radius 3 is 3.06 bits per heavy atom. The van der Waals surface area contributed by atoms with Crippen molar-refractivity contribution >= 4 is 16.9 Å². The van der Waals surface area contributed by atoms with Crippen LogP contribution < -0.4 is 5.32 Å². The van der Waals surface area contributed by atoms with E-state index in [1.165, 1.54) is 5.56 Å². The van der Waals surface area contributed by atoms with Gasteiger partial charge >= 0.3 is 0 Å². The molecule has 1 aromatic rings. The minimum Gasteiger partial charge on any atom is -0.361 e. The fraction of sp³-hybridized carbons (Fsp3) is 0.538. The lowest BCUT2D eigenvalue weighted by Gasteiger charge is -2.13. The number of aryl methyl sites for hydroxylation is 1. The molecule has 2 rings (SSSR count). The van der Waals surface area contributed by atoms with Gasteiger partial charge < -0.3 is 5.32 Å². The maximum absolute atomic E-state index is 4.59. The molecule has 0 aliphatic carbocycles. The molecule has 0 unspecified atom stereocenters. The zero-order chi connectivity index (χ0) is 12.3. The van der Waals surface area contributed by atoms with E-state index < -0.39 is 0 Å². The lowest BCUT2D eigenvalue weighted by molar-refractivity contribution is 0.503. The first-order valence-corrected chi connectivity index (χ1v) is 6.99. The quantitative estimate of drug-likeness (QED) is 0.894. The maximum atomic E-state index is 4.59. The number of nitrogens with zero attached hydrogens (tertiary/aromatic N) is 2. The van der Waals surface area contributed by atoms with Gasteiger partial charge in [0.2, 0.25) is 0 Å². The van der Waals surface area contributed by atoms with Gasteiger partial charge in [0.15, 0.2) is 5.17 Å². The second-order valence-corrected chi connectivity index (χ2v) is 5.70. The lowest BCUT2D eigenvalue weighted by Crippen LogP contribution is -2.31. The second-order valence-electron chi connectivity index (χ2n) is 4.69. The first-order chi connectivity index (χ1) is 8.16. The number of rotatable bonds is 3. The molecule has 17 heavy (non-hydrogen) atoms. The number of aromatic nitrogens is 1. The van der Waals surface area contributed by atoms with Crippen LogP contribution in [0.3, 0.4) is 0 Å². The zero-order valence-electron chi connectivity index (χ0n) is 10.6. The van der Waals surface area contributed by atoms with Crippen LogP contribution in [-0.4, -0.2) is 21.9 Å². The Hall–Kier alpha value is -1.03. The van der Waals surface area contributed by atoms with E-state index >= 15 is 0 Å². The fourth-order valence-electron chi connectivity index (χ4n) is 1.69. The molecule has 0 radical (unpaired) electrons. The van der Waals surface area contributed by atoms with Crippen molar-refractivity contribution in [2.24, 2.45) is 10.9 Å². The normalized spacial score (nSPS) is 22.1. The summed E-state index contributed by atoms with van der Waals surface area (Å²) in [6.07, 6.45) is 1.83. The Kier molecular flexibility index (Phi) is 4.05. The van der Waals surface area contributed by atoms with Gasteiger partial charge in [-0.05, 0) is 24.5 Å². The molecule has 1 atom stereocenters. The van der Waals surface area contributed by atoms with Gasteiger partial charge in [0.05, 0.1) is 12.2 Å². The molecule has 1 aromatic heterocycles. The van der Waals surface area contributed by atoms with Crippen LogP contribution >= 0.6 is 11.8 Å². The molecule has 1 aliphatic heterocycles. The molecular weight excluding hydrogens is 230 g/mol. The number of hydrogen-bond acceptors (Lipinski definition) is 3. The van der Waals surface area contributed by atoms with Crippen LogP contribution in [-0.2, 0) is 6.54 Å². The average molecular weight is 249 g/mol. The molecule has 4 heteroatoms. The monoisotopic (exact) mass is 249 g/mol. The van der Waals surface area contributed by atoms with Crippen molar-refractivity contribution < 1.29 is 0 Å². The first-order valence-electron chi connectivity index (χ1n) is 6.01. The van der Waals surface area contributed by atoms with E-state index in [1.807, 2.05) is 24.0 Å². The van der Waals surface area contributed by atoms with Gasteiger partial charge in [0, 0.05) is 18.0 Å². The molecule has 1 aliphatic rings. The third kappa shape index (κ3) is 3.22. The summed E-state index contributed by atoms with van der Waals surface area (Å²) in [4.78, 5) is 8.94. The van der Waals surface area contributed by atoms with Gasteiger partial charge in [-0.25, -0.2) is 0 Å². The summed E-state index contributed by atoms with van der Waals surface area (Å²) in [5.74, 6) is 1.78. The van der Waals surface area contributed by atoms with Crippen LogP contribution in [0.1, 0.15) is 25.1 Å². The molecule has 3 nitrogen and oxygen atoms in total. The summed E-state index contributed by atoms with van der Waals surface area (Å²) >= 11 is 1.82. The summed E-state index contributed by atoms with van der Waals surface area (Å²) < 4.78 is 0. The molecule has 0 spiro atoms. The van der Waals surface area contributed by atoms with Crippen molar-refractivity contribution in [1.29, 1.82) is 0 Å². The molecule has 1 saturated heterocycles. The number of pyridine rings is 1. The van der Waals surface area contributed by atoms with Crippen LogP contribution in [0.5, 0.6) is 0 Å². The summed E-state index contributed by atoms with van der Waals surface area (Å²) in [5.41, 5.74) is 2.27. The highest BCUT2D eigenvalue weighted by Crippen LogP contribution is 2.19. The summed E-state index contributed by atoms with van der Waals surface area (Å²) in [7, 11) is 0. The van der Waals surface area contributed by atoms with E-state index in [0.29, 0.717) is 18.5 Å². The second kappa shape index (κ2) is 5.54. The molecule has 0 amide bonds. The van der Waals surface area contributed by atoms with Crippen molar-refractivity contribution in [3.8, 4) is 0 Å². The molecule has 0 bridgehead atoms. The van der Waals surface area contributed by atoms with Gasteiger partial charge in [0.1, 0.15) is 0 Å². The Morgan fingerprint density at radius 2 is 2.41 bits per heavy atom. The SMILES string of the molecule is Cc1cccnc1CN=C1N[C@@H](C(C)C)CS1. The molecule has 0 aromatic carbocycles. The lowest BCUT2D eigenvalue weighted by atomic mass is 10.1. The van der Waals surface area contributed by atoms with Crippen molar-refractivity contribution in [3.05, 3.63) is 29.6 Å². The number of aliphatic imine (C=N–C) groups is 1. The number of amidine groups is 1. The molecule has 1 fully saturated rings. The third-order valence-electron chi connectivity index (χ3n) is 3.00. The Morgan fingerprint density at radius 1 is 1.59 bits per heavy atom. The smallest absolute Gasteiger partial charge is 0.157 e. The maximum Gasteiger partial charge on any atom is 0.157 e. The first kappa shape index (κ1) is 12.4. The summed E-state index contributed by atoms with van der Waals surface area (Å²) in [5, 5.41) is 4.53. The number of nitrogens with one attached hydrogen (secondary N) is 1. The van der Waals surface area contributed by atoms with Crippen molar-refractivity contribution in [3.63, 3.8) is 0 Å². The van der Waals surface area contributed by atoms with Crippen LogP contribution in [0.15, 0.2) is 23.3 Å². The van der Waals surface area contributed by atoms with Gasteiger partial charge in [-0.3, -0.25) is 9.98 Å². The van der Waals surface area contributed by atoms with E-state index in [1.54, 1.807) is 0 Å². The minimum absolute atomic E-state index is 0.559. The zero-order valence-corrected chi connectivity index (χ0v) is 11.4. The van der Waals surface area contributed by atoms with Crippen molar-refractivity contribution in [2.75, 3.05) is 5.75 Å². The predicted octanol–water partition coefficient (Wildman–Crippen LogP) is 2.61. The molecule has 2 heterocycles. The van der Waals surface area contributed by atoms with E-state index in [9.17, 15) is 0 Å².